The van der Waals surface area contributed by atoms with Gasteiger partial charge in [-0.3, -0.25) is 37.3 Å². The van der Waals surface area contributed by atoms with Gasteiger partial charge in [0.15, 0.2) is 12.2 Å². The number of carbonyl (C=O) groups is 4. The average Bonchev–Trinajstić information content (AvgIpc) is 0.903. The minimum absolute atomic E-state index is 0.108. The molecular weight excluding hydrogens is 1430 g/mol. The predicted octanol–water partition coefficient (Wildman–Crippen LogP) is 28.0. The molecule has 0 aromatic carbocycles. The smallest absolute Gasteiger partial charge is 0.462 e. The first-order valence-corrected chi connectivity index (χ1v) is 49.9. The molecular formula is C91H178O17P2. The highest BCUT2D eigenvalue weighted by Gasteiger charge is 2.31. The Bertz CT molecular complexity index is 2120. The van der Waals surface area contributed by atoms with Gasteiger partial charge >= 0.3 is 39.5 Å². The molecule has 0 rings (SSSR count). The number of aliphatic hydroxyl groups excluding tert-OH is 1. The van der Waals surface area contributed by atoms with E-state index in [1.165, 1.54) is 295 Å². The highest BCUT2D eigenvalue weighted by molar-refractivity contribution is 7.47. The maximum atomic E-state index is 13.2. The van der Waals surface area contributed by atoms with Gasteiger partial charge in [0.25, 0.3) is 0 Å². The second-order valence-corrected chi connectivity index (χ2v) is 36.8. The van der Waals surface area contributed by atoms with E-state index in [0.717, 1.165) is 108 Å². The van der Waals surface area contributed by atoms with Crippen LogP contribution in [0.15, 0.2) is 0 Å². The van der Waals surface area contributed by atoms with E-state index in [2.05, 4.69) is 48.5 Å². The van der Waals surface area contributed by atoms with Crippen molar-refractivity contribution >= 4 is 39.5 Å². The summed E-state index contributed by atoms with van der Waals surface area (Å²) in [6.45, 7) is 12.1. The van der Waals surface area contributed by atoms with Crippen molar-refractivity contribution in [3.8, 4) is 0 Å². The quantitative estimate of drug-likeness (QED) is 0.0222. The van der Waals surface area contributed by atoms with Gasteiger partial charge in [-0.25, -0.2) is 9.13 Å². The van der Waals surface area contributed by atoms with Crippen molar-refractivity contribution < 1.29 is 80.2 Å². The second kappa shape index (κ2) is 80.8. The number of phosphoric acid groups is 2. The highest BCUT2D eigenvalue weighted by atomic mass is 31.2. The number of esters is 4. The van der Waals surface area contributed by atoms with Gasteiger partial charge in [0, 0.05) is 25.7 Å². The van der Waals surface area contributed by atoms with E-state index in [4.69, 9.17) is 37.0 Å². The second-order valence-electron chi connectivity index (χ2n) is 33.9. The molecule has 0 saturated carbocycles. The zero-order chi connectivity index (χ0) is 80.8. The number of phosphoric ester groups is 2. The molecule has 0 radical (unpaired) electrons. The lowest BCUT2D eigenvalue weighted by Crippen LogP contribution is -2.30. The third-order valence-corrected chi connectivity index (χ3v) is 23.6. The summed E-state index contributed by atoms with van der Waals surface area (Å²) in [7, 11) is -9.94. The van der Waals surface area contributed by atoms with Crippen molar-refractivity contribution in [1.29, 1.82) is 0 Å². The van der Waals surface area contributed by atoms with Gasteiger partial charge in [0.2, 0.25) is 0 Å². The molecule has 110 heavy (non-hydrogen) atoms. The lowest BCUT2D eigenvalue weighted by molar-refractivity contribution is -0.161. The van der Waals surface area contributed by atoms with Crippen molar-refractivity contribution in [2.24, 2.45) is 17.8 Å². The Morgan fingerprint density at radius 3 is 0.691 bits per heavy atom. The van der Waals surface area contributed by atoms with Gasteiger partial charge in [-0.05, 0) is 43.4 Å². The van der Waals surface area contributed by atoms with Crippen LogP contribution in [0.4, 0.5) is 0 Å². The molecule has 6 atom stereocenters. The van der Waals surface area contributed by atoms with Crippen molar-refractivity contribution in [3.05, 3.63) is 0 Å². The van der Waals surface area contributed by atoms with E-state index in [1.54, 1.807) is 0 Å². The molecule has 3 unspecified atom stereocenters. The molecule has 17 nitrogen and oxygen atoms in total. The molecule has 19 heteroatoms. The Morgan fingerprint density at radius 2 is 0.464 bits per heavy atom. The number of rotatable bonds is 89. The summed E-state index contributed by atoms with van der Waals surface area (Å²) < 4.78 is 69.1. The molecule has 0 amide bonds. The molecule has 0 heterocycles. The molecule has 0 aliphatic carbocycles. The van der Waals surface area contributed by atoms with Crippen LogP contribution in [0.3, 0.4) is 0 Å². The van der Waals surface area contributed by atoms with E-state index in [-0.39, 0.29) is 25.7 Å². The van der Waals surface area contributed by atoms with Gasteiger partial charge in [-0.2, -0.15) is 0 Å². The largest absolute Gasteiger partial charge is 0.472 e. The molecule has 0 fully saturated rings. The van der Waals surface area contributed by atoms with E-state index < -0.39 is 97.5 Å². The first-order valence-electron chi connectivity index (χ1n) is 46.9. The van der Waals surface area contributed by atoms with Crippen LogP contribution in [0.25, 0.3) is 0 Å². The van der Waals surface area contributed by atoms with Gasteiger partial charge in [0.05, 0.1) is 26.4 Å². The summed E-state index contributed by atoms with van der Waals surface area (Å²) in [5, 5.41) is 10.7. The molecule has 0 saturated heterocycles. The van der Waals surface area contributed by atoms with E-state index in [0.29, 0.717) is 25.7 Å². The van der Waals surface area contributed by atoms with Crippen LogP contribution in [0, 0.1) is 17.8 Å². The lowest BCUT2D eigenvalue weighted by Gasteiger charge is -2.21. The van der Waals surface area contributed by atoms with Crippen LogP contribution in [0.1, 0.15) is 485 Å². The average molecular weight is 1610 g/mol. The Kier molecular flexibility index (Phi) is 79.4. The first-order chi connectivity index (χ1) is 53.3. The zero-order valence-electron chi connectivity index (χ0n) is 72.7. The maximum absolute atomic E-state index is 13.2. The molecule has 3 N–H and O–H groups in total. The summed E-state index contributed by atoms with van der Waals surface area (Å²) in [6, 6.07) is 0. The van der Waals surface area contributed by atoms with Crippen LogP contribution in [-0.2, 0) is 65.4 Å². The molecule has 0 aliphatic rings. The molecule has 654 valence electrons. The normalized spacial score (nSPS) is 14.0. The number of ether oxygens (including phenoxy) is 4. The van der Waals surface area contributed by atoms with Crippen LogP contribution >= 0.6 is 15.6 Å². The van der Waals surface area contributed by atoms with Crippen LogP contribution in [0.2, 0.25) is 0 Å². The SMILES string of the molecule is CCCCCCCCCCCCCCCC(=O)OC[C@H](COP(=O)(O)OC[C@H](O)COP(=O)(O)OC[C@@H](COC(=O)CCCCCCCCCCCCCCCCCC(C)C)OC(=O)CCCCCCCCCCCCCCCCCCCCC(C)CC)OC(=O)CCCCCCCCCCCCCCCCC(C)C. The zero-order valence-corrected chi connectivity index (χ0v) is 74.5. The number of carbonyl (C=O) groups excluding carboxylic acids is 4. The minimum Gasteiger partial charge on any atom is -0.462 e. The number of hydrogen-bond donors (Lipinski definition) is 3. The first kappa shape index (κ1) is 108. The Hall–Kier alpha value is -1.94. The molecule has 0 spiro atoms. The van der Waals surface area contributed by atoms with Gasteiger partial charge in [0.1, 0.15) is 19.3 Å². The number of aliphatic hydroxyl groups is 1. The molecule has 0 bridgehead atoms. The molecule has 0 aromatic heterocycles. The maximum Gasteiger partial charge on any atom is 0.472 e. The Morgan fingerprint density at radius 1 is 0.264 bits per heavy atom. The van der Waals surface area contributed by atoms with Crippen molar-refractivity contribution in [2.75, 3.05) is 39.6 Å². The van der Waals surface area contributed by atoms with Gasteiger partial charge in [-0.15, -0.1) is 0 Å². The van der Waals surface area contributed by atoms with Crippen LogP contribution in [0.5, 0.6) is 0 Å². The third-order valence-electron chi connectivity index (χ3n) is 21.7. The Balaban J connectivity index is 5.26. The Labute approximate surface area is 677 Å². The molecule has 0 aliphatic heterocycles. The number of unbranched alkanes of at least 4 members (excludes halogenated alkanes) is 56. The standard InChI is InChI=1S/C91H178O17P2/c1-8-10-11-12-13-14-15-27-37-44-51-58-65-72-88(93)101-78-86(108-91(96)75-68-61-54-47-40-33-26-25-29-35-42-49-56-63-70-83(5)6)80-105-109(97,98)103-76-85(92)77-104-110(99,100)106-81-87(79-102-89(94)73-66-59-52-45-38-31-24-20-21-28-34-41-48-55-62-69-82(3)4)107-90(95)74-67-60-53-46-39-32-23-19-17-16-18-22-30-36-43-50-57-64-71-84(7)9-2/h82-87,92H,8-81H2,1-7H3,(H,97,98)(H,99,100)/t84?,85-,86+,87+/m0/s1. The van der Waals surface area contributed by atoms with E-state index in [9.17, 15) is 43.2 Å². The summed E-state index contributed by atoms with van der Waals surface area (Å²) in [6.07, 6.45) is 73.5. The van der Waals surface area contributed by atoms with Crippen molar-refractivity contribution in [2.45, 2.75) is 503 Å². The number of hydrogen-bond acceptors (Lipinski definition) is 15. The fourth-order valence-corrected chi connectivity index (χ4v) is 15.8. The fraction of sp³-hybridized carbons (Fsp3) is 0.956. The summed E-state index contributed by atoms with van der Waals surface area (Å²) >= 11 is 0. The van der Waals surface area contributed by atoms with Crippen molar-refractivity contribution in [1.82, 2.24) is 0 Å². The monoisotopic (exact) mass is 1610 g/mol. The summed E-state index contributed by atoms with van der Waals surface area (Å²) in [5.41, 5.74) is 0. The predicted molar refractivity (Wildman–Crippen MR) is 455 cm³/mol. The van der Waals surface area contributed by atoms with E-state index in [1.807, 2.05) is 0 Å². The summed E-state index contributed by atoms with van der Waals surface area (Å²) in [5.74, 6) is 0.376. The van der Waals surface area contributed by atoms with Crippen LogP contribution < -0.4 is 0 Å². The third kappa shape index (κ3) is 82.6. The van der Waals surface area contributed by atoms with E-state index >= 15 is 0 Å². The van der Waals surface area contributed by atoms with Gasteiger partial charge in [-0.1, -0.05) is 434 Å². The summed E-state index contributed by atoms with van der Waals surface area (Å²) in [4.78, 5) is 73.4. The molecule has 0 aromatic rings. The highest BCUT2D eigenvalue weighted by Crippen LogP contribution is 2.45. The minimum atomic E-state index is -4.97. The fourth-order valence-electron chi connectivity index (χ4n) is 14.2. The van der Waals surface area contributed by atoms with Gasteiger partial charge < -0.3 is 33.8 Å². The van der Waals surface area contributed by atoms with Crippen LogP contribution in [-0.4, -0.2) is 96.7 Å². The van der Waals surface area contributed by atoms with Crippen molar-refractivity contribution in [3.63, 3.8) is 0 Å². The lowest BCUT2D eigenvalue weighted by atomic mass is 9.99. The topological polar surface area (TPSA) is 237 Å².